The lowest BCUT2D eigenvalue weighted by Crippen LogP contribution is -2.36. The number of nitrogens with zero attached hydrogens (tertiary/aromatic N) is 3. The summed E-state index contributed by atoms with van der Waals surface area (Å²) in [5.74, 6) is 1.02. The Hall–Kier alpha value is -1.16. The molecule has 0 aliphatic carbocycles. The van der Waals surface area contributed by atoms with E-state index >= 15 is 0 Å². The second kappa shape index (κ2) is 5.87. The van der Waals surface area contributed by atoms with Crippen LogP contribution in [0.2, 0.25) is 0 Å². The number of anilines is 1. The van der Waals surface area contributed by atoms with Gasteiger partial charge in [-0.25, -0.2) is 4.98 Å². The molecule has 4 heteroatoms. The van der Waals surface area contributed by atoms with Gasteiger partial charge in [-0.15, -0.1) is 0 Å². The summed E-state index contributed by atoms with van der Waals surface area (Å²) in [5.41, 5.74) is 1.95. The summed E-state index contributed by atoms with van der Waals surface area (Å²) < 4.78 is 0. The van der Waals surface area contributed by atoms with Crippen molar-refractivity contribution in [3.8, 4) is 0 Å². The minimum atomic E-state index is 0.540. The molecule has 0 bridgehead atoms. The quantitative estimate of drug-likeness (QED) is 0.789. The fraction of sp³-hybridized carbons (Fsp3) is 0.467. The molecular formula is C15H18BrN3. The molecule has 3 nitrogen and oxygen atoms in total. The van der Waals surface area contributed by atoms with Crippen molar-refractivity contribution in [1.82, 2.24) is 9.97 Å². The maximum atomic E-state index is 4.78. The van der Waals surface area contributed by atoms with E-state index in [0.29, 0.717) is 6.04 Å². The number of para-hydroxylation sites is 2. The largest absolute Gasteiger partial charge is 0.351 e. The SMILES string of the molecule is BrCC1CCCCCN1c1cnc2ccccc2n1. The maximum Gasteiger partial charge on any atom is 0.148 e. The Balaban J connectivity index is 1.96. The second-order valence-electron chi connectivity index (χ2n) is 5.07. The van der Waals surface area contributed by atoms with E-state index in [9.17, 15) is 0 Å². The first-order valence-corrected chi connectivity index (χ1v) is 8.05. The summed E-state index contributed by atoms with van der Waals surface area (Å²) in [6.07, 6.45) is 7.04. The van der Waals surface area contributed by atoms with Crippen LogP contribution in [0.5, 0.6) is 0 Å². The molecule has 2 aromatic rings. The molecule has 0 spiro atoms. The number of fused-ring (bicyclic) bond motifs is 1. The van der Waals surface area contributed by atoms with Crippen LogP contribution >= 0.6 is 15.9 Å². The van der Waals surface area contributed by atoms with Gasteiger partial charge in [-0.2, -0.15) is 0 Å². The van der Waals surface area contributed by atoms with Gasteiger partial charge in [-0.1, -0.05) is 40.9 Å². The Labute approximate surface area is 122 Å². The smallest absolute Gasteiger partial charge is 0.148 e. The highest BCUT2D eigenvalue weighted by atomic mass is 79.9. The minimum absolute atomic E-state index is 0.540. The molecule has 0 saturated carbocycles. The number of benzene rings is 1. The van der Waals surface area contributed by atoms with E-state index in [1.54, 1.807) is 0 Å². The first-order valence-electron chi connectivity index (χ1n) is 6.93. The molecular weight excluding hydrogens is 302 g/mol. The maximum absolute atomic E-state index is 4.78. The third kappa shape index (κ3) is 2.73. The third-order valence-electron chi connectivity index (χ3n) is 3.79. The number of hydrogen-bond acceptors (Lipinski definition) is 3. The van der Waals surface area contributed by atoms with Crippen LogP contribution in [0.1, 0.15) is 25.7 Å². The van der Waals surface area contributed by atoms with Gasteiger partial charge in [0.2, 0.25) is 0 Å². The van der Waals surface area contributed by atoms with Crippen LogP contribution < -0.4 is 4.90 Å². The zero-order valence-corrected chi connectivity index (χ0v) is 12.5. The van der Waals surface area contributed by atoms with Crippen molar-refractivity contribution in [2.75, 3.05) is 16.8 Å². The molecule has 1 saturated heterocycles. The van der Waals surface area contributed by atoms with E-state index in [-0.39, 0.29) is 0 Å². The molecule has 3 rings (SSSR count). The van der Waals surface area contributed by atoms with Crippen molar-refractivity contribution in [2.45, 2.75) is 31.7 Å². The van der Waals surface area contributed by atoms with E-state index < -0.39 is 0 Å². The molecule has 0 amide bonds. The molecule has 100 valence electrons. The van der Waals surface area contributed by atoms with Gasteiger partial charge in [-0.05, 0) is 25.0 Å². The number of halogens is 1. The second-order valence-corrected chi connectivity index (χ2v) is 5.72. The van der Waals surface area contributed by atoms with Gasteiger partial charge in [0.15, 0.2) is 0 Å². The van der Waals surface area contributed by atoms with Crippen LogP contribution in [0.4, 0.5) is 5.82 Å². The lowest BCUT2D eigenvalue weighted by molar-refractivity contribution is 0.621. The van der Waals surface area contributed by atoms with E-state index in [1.165, 1.54) is 25.7 Å². The van der Waals surface area contributed by atoms with Gasteiger partial charge >= 0.3 is 0 Å². The van der Waals surface area contributed by atoms with E-state index in [2.05, 4.69) is 25.8 Å². The zero-order chi connectivity index (χ0) is 13.1. The lowest BCUT2D eigenvalue weighted by Gasteiger charge is -2.29. The normalized spacial score (nSPS) is 20.5. The molecule has 0 N–H and O–H groups in total. The number of alkyl halides is 1. The van der Waals surface area contributed by atoms with Crippen molar-refractivity contribution < 1.29 is 0 Å². The summed E-state index contributed by atoms with van der Waals surface area (Å²) in [5, 5.41) is 1.00. The Morgan fingerprint density at radius 1 is 1.16 bits per heavy atom. The number of hydrogen-bond donors (Lipinski definition) is 0. The summed E-state index contributed by atoms with van der Waals surface area (Å²) in [6, 6.07) is 8.61. The average molecular weight is 320 g/mol. The van der Waals surface area contributed by atoms with Crippen molar-refractivity contribution in [2.24, 2.45) is 0 Å². The topological polar surface area (TPSA) is 29.0 Å². The van der Waals surface area contributed by atoms with Crippen molar-refractivity contribution >= 4 is 32.8 Å². The first-order chi connectivity index (χ1) is 9.38. The van der Waals surface area contributed by atoms with Crippen molar-refractivity contribution in [3.05, 3.63) is 30.5 Å². The van der Waals surface area contributed by atoms with E-state index in [4.69, 9.17) is 4.98 Å². The number of rotatable bonds is 2. The highest BCUT2D eigenvalue weighted by Crippen LogP contribution is 2.24. The molecule has 1 aromatic heterocycles. The average Bonchev–Trinajstić information content (AvgIpc) is 2.72. The third-order valence-corrected chi connectivity index (χ3v) is 4.53. The summed E-state index contributed by atoms with van der Waals surface area (Å²) in [7, 11) is 0. The van der Waals surface area contributed by atoms with Crippen molar-refractivity contribution in [3.63, 3.8) is 0 Å². The Bertz CT molecular complexity index is 558. The Morgan fingerprint density at radius 3 is 2.84 bits per heavy atom. The van der Waals surface area contributed by atoms with Gasteiger partial charge < -0.3 is 4.90 Å². The van der Waals surface area contributed by atoms with Gasteiger partial charge in [0.25, 0.3) is 0 Å². The molecule has 1 aliphatic rings. The Kier molecular flexibility index (Phi) is 3.97. The van der Waals surface area contributed by atoms with Gasteiger partial charge in [0.05, 0.1) is 17.2 Å². The Morgan fingerprint density at radius 2 is 2.00 bits per heavy atom. The summed E-state index contributed by atoms with van der Waals surface area (Å²) >= 11 is 3.64. The zero-order valence-electron chi connectivity index (χ0n) is 10.9. The standard InChI is InChI=1S/C15H18BrN3/c16-10-12-6-2-1-5-9-19(12)15-11-17-13-7-3-4-8-14(13)18-15/h3-4,7-8,11-12H,1-2,5-6,9-10H2. The summed E-state index contributed by atoms with van der Waals surface area (Å²) in [4.78, 5) is 11.7. The first kappa shape index (κ1) is 12.9. The van der Waals surface area contributed by atoms with E-state index in [0.717, 1.165) is 28.7 Å². The van der Waals surface area contributed by atoms with Crippen LogP contribution in [-0.4, -0.2) is 27.9 Å². The lowest BCUT2D eigenvalue weighted by atomic mass is 10.1. The van der Waals surface area contributed by atoms with Crippen LogP contribution in [0.3, 0.4) is 0 Å². The molecule has 1 aromatic carbocycles. The summed E-state index contributed by atoms with van der Waals surface area (Å²) in [6.45, 7) is 1.09. The molecule has 1 fully saturated rings. The van der Waals surface area contributed by atoms with Crippen LogP contribution in [0, 0.1) is 0 Å². The van der Waals surface area contributed by atoms with Gasteiger partial charge in [0.1, 0.15) is 5.82 Å². The fourth-order valence-electron chi connectivity index (χ4n) is 2.73. The molecule has 1 aliphatic heterocycles. The molecule has 2 heterocycles. The van der Waals surface area contributed by atoms with Gasteiger partial charge in [0, 0.05) is 17.9 Å². The predicted octanol–water partition coefficient (Wildman–Crippen LogP) is 3.77. The molecule has 1 unspecified atom stereocenters. The monoisotopic (exact) mass is 319 g/mol. The molecule has 19 heavy (non-hydrogen) atoms. The van der Waals surface area contributed by atoms with Crippen molar-refractivity contribution in [1.29, 1.82) is 0 Å². The minimum Gasteiger partial charge on any atom is -0.351 e. The van der Waals surface area contributed by atoms with E-state index in [1.807, 2.05) is 30.5 Å². The fourth-order valence-corrected chi connectivity index (χ4v) is 3.40. The number of aromatic nitrogens is 2. The van der Waals surface area contributed by atoms with Gasteiger partial charge in [-0.3, -0.25) is 4.98 Å². The highest BCUT2D eigenvalue weighted by Gasteiger charge is 2.21. The van der Waals surface area contributed by atoms with Crippen LogP contribution in [0.25, 0.3) is 11.0 Å². The highest BCUT2D eigenvalue weighted by molar-refractivity contribution is 9.09. The molecule has 1 atom stereocenters. The van der Waals surface area contributed by atoms with Crippen LogP contribution in [-0.2, 0) is 0 Å². The van der Waals surface area contributed by atoms with Crippen LogP contribution in [0.15, 0.2) is 30.5 Å². The molecule has 0 radical (unpaired) electrons. The predicted molar refractivity (Wildman–Crippen MR) is 82.9 cm³/mol.